The van der Waals surface area contributed by atoms with Gasteiger partial charge in [0.1, 0.15) is 0 Å². The number of hydrogen-bond acceptors (Lipinski definition) is 6. The van der Waals surface area contributed by atoms with Crippen molar-refractivity contribution in [2.45, 2.75) is 38.6 Å². The second-order valence-electron chi connectivity index (χ2n) is 6.52. The molecular weight excluding hydrogens is 322 g/mol. The highest BCUT2D eigenvalue weighted by Gasteiger charge is 2.35. The summed E-state index contributed by atoms with van der Waals surface area (Å²) in [5, 5.41) is 8.01. The number of nitrogens with zero attached hydrogens (tertiary/aromatic N) is 3. The van der Waals surface area contributed by atoms with Gasteiger partial charge in [0, 0.05) is 18.7 Å². The molecule has 0 aromatic carbocycles. The van der Waals surface area contributed by atoms with Crippen LogP contribution >= 0.6 is 0 Å². The molecule has 1 aliphatic rings. The first-order valence-corrected chi connectivity index (χ1v) is 8.41. The SMILES string of the molecule is CC(C)c1cc([C@H]2CCCN2C(=O)c2cc(-c3ccco3)on2)on1. The molecule has 130 valence electrons. The summed E-state index contributed by atoms with van der Waals surface area (Å²) in [5.41, 5.74) is 1.16. The van der Waals surface area contributed by atoms with Gasteiger partial charge in [0.2, 0.25) is 5.76 Å². The molecule has 4 rings (SSSR count). The van der Waals surface area contributed by atoms with Gasteiger partial charge in [-0.25, -0.2) is 0 Å². The molecule has 0 N–H and O–H groups in total. The predicted octanol–water partition coefficient (Wildman–Crippen LogP) is 4.02. The van der Waals surface area contributed by atoms with Crippen molar-refractivity contribution >= 4 is 5.91 Å². The lowest BCUT2D eigenvalue weighted by atomic mass is 10.1. The lowest BCUT2D eigenvalue weighted by Gasteiger charge is -2.21. The highest BCUT2D eigenvalue weighted by Crippen LogP contribution is 2.34. The number of hydrogen-bond donors (Lipinski definition) is 0. The van der Waals surface area contributed by atoms with Crippen molar-refractivity contribution in [3.8, 4) is 11.5 Å². The third kappa shape index (κ3) is 2.86. The summed E-state index contributed by atoms with van der Waals surface area (Å²) in [4.78, 5) is 14.6. The van der Waals surface area contributed by atoms with E-state index in [2.05, 4.69) is 24.2 Å². The molecule has 0 radical (unpaired) electrons. The van der Waals surface area contributed by atoms with Crippen molar-refractivity contribution in [2.24, 2.45) is 0 Å². The minimum Gasteiger partial charge on any atom is -0.461 e. The third-order valence-corrected chi connectivity index (χ3v) is 4.47. The van der Waals surface area contributed by atoms with Crippen molar-refractivity contribution in [3.05, 3.63) is 47.7 Å². The van der Waals surface area contributed by atoms with Gasteiger partial charge in [-0.2, -0.15) is 0 Å². The molecular formula is C18H19N3O4. The molecule has 3 aromatic heterocycles. The average Bonchev–Trinajstić information content (AvgIpc) is 3.41. The molecule has 0 saturated carbocycles. The second kappa shape index (κ2) is 6.23. The fraction of sp³-hybridized carbons (Fsp3) is 0.389. The van der Waals surface area contributed by atoms with Crippen LogP contribution in [-0.2, 0) is 0 Å². The van der Waals surface area contributed by atoms with E-state index in [1.54, 1.807) is 29.4 Å². The zero-order valence-corrected chi connectivity index (χ0v) is 14.1. The third-order valence-electron chi connectivity index (χ3n) is 4.47. The normalized spacial score (nSPS) is 17.6. The molecule has 1 saturated heterocycles. The van der Waals surface area contributed by atoms with Crippen LogP contribution in [0, 0.1) is 0 Å². The molecule has 0 aliphatic carbocycles. The van der Waals surface area contributed by atoms with Gasteiger partial charge in [-0.05, 0) is 30.9 Å². The van der Waals surface area contributed by atoms with Crippen LogP contribution in [0.25, 0.3) is 11.5 Å². The first kappa shape index (κ1) is 15.7. The van der Waals surface area contributed by atoms with E-state index in [9.17, 15) is 4.79 Å². The van der Waals surface area contributed by atoms with Crippen LogP contribution in [0.1, 0.15) is 60.6 Å². The Morgan fingerprint density at radius 1 is 1.24 bits per heavy atom. The molecule has 1 amide bonds. The number of furan rings is 1. The molecule has 1 aliphatic heterocycles. The van der Waals surface area contributed by atoms with Gasteiger partial charge < -0.3 is 18.4 Å². The number of carbonyl (C=O) groups excluding carboxylic acids is 1. The number of rotatable bonds is 4. The monoisotopic (exact) mass is 341 g/mol. The summed E-state index contributed by atoms with van der Waals surface area (Å²) in [5.74, 6) is 1.82. The summed E-state index contributed by atoms with van der Waals surface area (Å²) < 4.78 is 16.0. The molecule has 3 aromatic rings. The molecule has 7 heteroatoms. The Labute approximate surface area is 144 Å². The van der Waals surface area contributed by atoms with E-state index < -0.39 is 0 Å². The molecule has 7 nitrogen and oxygen atoms in total. The first-order chi connectivity index (χ1) is 12.1. The lowest BCUT2D eigenvalue weighted by molar-refractivity contribution is 0.0704. The van der Waals surface area contributed by atoms with Gasteiger partial charge in [0.05, 0.1) is 18.0 Å². The largest absolute Gasteiger partial charge is 0.461 e. The Balaban J connectivity index is 1.56. The van der Waals surface area contributed by atoms with Crippen LogP contribution in [0.5, 0.6) is 0 Å². The molecule has 0 bridgehead atoms. The Morgan fingerprint density at radius 3 is 2.84 bits per heavy atom. The number of carbonyl (C=O) groups is 1. The zero-order chi connectivity index (χ0) is 17.4. The Kier molecular flexibility index (Phi) is 3.91. The fourth-order valence-electron chi connectivity index (χ4n) is 3.10. The van der Waals surface area contributed by atoms with Gasteiger partial charge in [-0.3, -0.25) is 4.79 Å². The minimum absolute atomic E-state index is 0.115. The van der Waals surface area contributed by atoms with Gasteiger partial charge in [-0.15, -0.1) is 0 Å². The molecule has 1 atom stereocenters. The van der Waals surface area contributed by atoms with Crippen LogP contribution < -0.4 is 0 Å². The quantitative estimate of drug-likeness (QED) is 0.712. The maximum Gasteiger partial charge on any atom is 0.276 e. The number of amides is 1. The van der Waals surface area contributed by atoms with E-state index >= 15 is 0 Å². The van der Waals surface area contributed by atoms with E-state index in [1.165, 1.54) is 0 Å². The van der Waals surface area contributed by atoms with Crippen LogP contribution in [-0.4, -0.2) is 27.7 Å². The summed E-state index contributed by atoms with van der Waals surface area (Å²) in [7, 11) is 0. The van der Waals surface area contributed by atoms with Crippen molar-refractivity contribution in [2.75, 3.05) is 6.54 Å². The van der Waals surface area contributed by atoms with E-state index in [0.717, 1.165) is 24.3 Å². The van der Waals surface area contributed by atoms with E-state index in [0.29, 0.717) is 18.1 Å². The topological polar surface area (TPSA) is 85.5 Å². The molecule has 1 fully saturated rings. The minimum atomic E-state index is -0.174. The first-order valence-electron chi connectivity index (χ1n) is 8.41. The zero-order valence-electron chi connectivity index (χ0n) is 14.1. The van der Waals surface area contributed by atoms with E-state index in [4.69, 9.17) is 13.5 Å². The molecule has 25 heavy (non-hydrogen) atoms. The summed E-state index contributed by atoms with van der Waals surface area (Å²) in [6, 6.07) is 6.95. The molecule has 4 heterocycles. The van der Waals surface area contributed by atoms with Gasteiger partial charge in [-0.1, -0.05) is 24.2 Å². The van der Waals surface area contributed by atoms with Crippen molar-refractivity contribution in [1.82, 2.24) is 15.2 Å². The van der Waals surface area contributed by atoms with Gasteiger partial charge in [0.15, 0.2) is 17.2 Å². The second-order valence-corrected chi connectivity index (χ2v) is 6.52. The number of likely N-dealkylation sites (tertiary alicyclic amines) is 1. The average molecular weight is 341 g/mol. The summed E-state index contributed by atoms with van der Waals surface area (Å²) in [6.45, 7) is 4.78. The molecule has 0 spiro atoms. The smallest absolute Gasteiger partial charge is 0.276 e. The Bertz CT molecular complexity index is 863. The Morgan fingerprint density at radius 2 is 2.12 bits per heavy atom. The van der Waals surface area contributed by atoms with Gasteiger partial charge >= 0.3 is 0 Å². The predicted molar refractivity (Wildman–Crippen MR) is 87.8 cm³/mol. The lowest BCUT2D eigenvalue weighted by Crippen LogP contribution is -2.30. The van der Waals surface area contributed by atoms with Crippen LogP contribution in [0.3, 0.4) is 0 Å². The van der Waals surface area contributed by atoms with Crippen molar-refractivity contribution < 1.29 is 18.3 Å². The maximum atomic E-state index is 12.9. The maximum absolute atomic E-state index is 12.9. The highest BCUT2D eigenvalue weighted by atomic mass is 16.5. The summed E-state index contributed by atoms with van der Waals surface area (Å²) >= 11 is 0. The number of aromatic nitrogens is 2. The Hall–Kier alpha value is -2.83. The van der Waals surface area contributed by atoms with Crippen molar-refractivity contribution in [3.63, 3.8) is 0 Å². The van der Waals surface area contributed by atoms with Gasteiger partial charge in [0.25, 0.3) is 5.91 Å². The van der Waals surface area contributed by atoms with Crippen LogP contribution in [0.4, 0.5) is 0 Å². The highest BCUT2D eigenvalue weighted by molar-refractivity contribution is 5.93. The summed E-state index contributed by atoms with van der Waals surface area (Å²) in [6.07, 6.45) is 3.31. The van der Waals surface area contributed by atoms with Crippen molar-refractivity contribution in [1.29, 1.82) is 0 Å². The molecule has 0 unspecified atom stereocenters. The van der Waals surface area contributed by atoms with E-state index in [-0.39, 0.29) is 23.6 Å². The standard InChI is InChI=1S/C18H19N3O4/c1-11(2)12-9-16(24-19-12)14-5-3-7-21(14)18(22)13-10-17(25-20-13)15-6-4-8-23-15/h4,6,8-11,14H,3,5,7H2,1-2H3/t14-/m1/s1. The van der Waals surface area contributed by atoms with Crippen LogP contribution in [0.15, 0.2) is 44.0 Å². The fourth-order valence-corrected chi connectivity index (χ4v) is 3.10. The van der Waals surface area contributed by atoms with Crippen LogP contribution in [0.2, 0.25) is 0 Å². The van der Waals surface area contributed by atoms with E-state index in [1.807, 2.05) is 6.07 Å².